The Hall–Kier alpha value is -1.32. The number of hydrogen-bond acceptors (Lipinski definition) is 2. The highest BCUT2D eigenvalue weighted by Crippen LogP contribution is 2.13. The van der Waals surface area contributed by atoms with Crippen LogP contribution < -0.4 is 5.73 Å². The van der Waals surface area contributed by atoms with Crippen LogP contribution in [0.25, 0.3) is 0 Å². The maximum Gasteiger partial charge on any atom is 0.116 e. The predicted molar refractivity (Wildman–Crippen MR) is 52.9 cm³/mol. The lowest BCUT2D eigenvalue weighted by Crippen LogP contribution is -2.26. The van der Waals surface area contributed by atoms with Crippen LogP contribution in [0.1, 0.15) is 30.8 Å². The third-order valence-corrected chi connectivity index (χ3v) is 2.09. The van der Waals surface area contributed by atoms with Crippen molar-refractivity contribution in [3.63, 3.8) is 0 Å². The molecule has 0 bridgehead atoms. The molecule has 0 saturated carbocycles. The predicted octanol–water partition coefficient (Wildman–Crippen LogP) is 1.39. The van der Waals surface area contributed by atoms with E-state index in [1.165, 1.54) is 0 Å². The largest absolute Gasteiger partial charge is 0.386 e. The highest BCUT2D eigenvalue weighted by atomic mass is 15.3. The Labute approximate surface area is 78.3 Å². The van der Waals surface area contributed by atoms with Crippen LogP contribution in [0.4, 0.5) is 0 Å². The van der Waals surface area contributed by atoms with Gasteiger partial charge in [-0.1, -0.05) is 6.92 Å². The molecule has 4 nitrogen and oxygen atoms in total. The minimum absolute atomic E-state index is 0.0892. The Bertz CT molecular complexity index is 313. The van der Waals surface area contributed by atoms with Crippen molar-refractivity contribution in [2.45, 2.75) is 33.2 Å². The molecule has 0 aliphatic rings. The average molecular weight is 180 g/mol. The van der Waals surface area contributed by atoms with Crippen molar-refractivity contribution in [1.29, 1.82) is 5.41 Å². The molecule has 0 spiro atoms. The van der Waals surface area contributed by atoms with Gasteiger partial charge >= 0.3 is 0 Å². The Morgan fingerprint density at radius 2 is 2.31 bits per heavy atom. The van der Waals surface area contributed by atoms with Gasteiger partial charge < -0.3 is 5.73 Å². The van der Waals surface area contributed by atoms with Gasteiger partial charge in [-0.15, -0.1) is 0 Å². The first-order valence-corrected chi connectivity index (χ1v) is 4.43. The third-order valence-electron chi connectivity index (χ3n) is 2.09. The standard InChI is InChI=1S/C9H16N4/c1-4-8(9(10)11)13-7(3)5-6(2)12-13/h5,8H,4H2,1-3H3,(H3,10,11). The van der Waals surface area contributed by atoms with Gasteiger partial charge in [0.05, 0.1) is 5.69 Å². The van der Waals surface area contributed by atoms with E-state index in [0.717, 1.165) is 17.8 Å². The Kier molecular flexibility index (Phi) is 2.70. The topological polar surface area (TPSA) is 67.7 Å². The molecule has 4 heteroatoms. The van der Waals surface area contributed by atoms with Gasteiger partial charge in [0.25, 0.3) is 0 Å². The fraction of sp³-hybridized carbons (Fsp3) is 0.556. The summed E-state index contributed by atoms with van der Waals surface area (Å²) < 4.78 is 1.82. The van der Waals surface area contributed by atoms with E-state index in [1.807, 2.05) is 31.5 Å². The smallest absolute Gasteiger partial charge is 0.116 e. The summed E-state index contributed by atoms with van der Waals surface area (Å²) in [5.74, 6) is 0.175. The lowest BCUT2D eigenvalue weighted by molar-refractivity contribution is 0.530. The second kappa shape index (κ2) is 3.60. The van der Waals surface area contributed by atoms with Crippen molar-refractivity contribution in [3.05, 3.63) is 17.5 Å². The number of nitrogens with zero attached hydrogens (tertiary/aromatic N) is 2. The molecule has 1 heterocycles. The van der Waals surface area contributed by atoms with Gasteiger partial charge in [0.2, 0.25) is 0 Å². The van der Waals surface area contributed by atoms with Gasteiger partial charge in [0.15, 0.2) is 0 Å². The summed E-state index contributed by atoms with van der Waals surface area (Å²) in [4.78, 5) is 0. The molecule has 3 N–H and O–H groups in total. The molecule has 1 rings (SSSR count). The van der Waals surface area contributed by atoms with Gasteiger partial charge in [-0.2, -0.15) is 5.10 Å². The van der Waals surface area contributed by atoms with Crippen LogP contribution >= 0.6 is 0 Å². The number of amidine groups is 1. The Balaban J connectivity index is 3.04. The van der Waals surface area contributed by atoms with Gasteiger partial charge in [-0.25, -0.2) is 0 Å². The number of nitrogens with two attached hydrogens (primary N) is 1. The molecular weight excluding hydrogens is 164 g/mol. The summed E-state index contributed by atoms with van der Waals surface area (Å²) in [6.07, 6.45) is 0.803. The molecule has 1 atom stereocenters. The summed E-state index contributed by atoms with van der Waals surface area (Å²) in [6.45, 7) is 5.92. The molecule has 1 aromatic heterocycles. The lowest BCUT2D eigenvalue weighted by Gasteiger charge is -2.15. The maximum absolute atomic E-state index is 7.41. The fourth-order valence-corrected chi connectivity index (χ4v) is 1.49. The third kappa shape index (κ3) is 1.88. The summed E-state index contributed by atoms with van der Waals surface area (Å²) in [7, 11) is 0. The molecule has 0 radical (unpaired) electrons. The second-order valence-corrected chi connectivity index (χ2v) is 3.25. The highest BCUT2D eigenvalue weighted by molar-refractivity contribution is 5.81. The van der Waals surface area contributed by atoms with E-state index in [4.69, 9.17) is 11.1 Å². The Morgan fingerprint density at radius 3 is 2.62 bits per heavy atom. The molecule has 13 heavy (non-hydrogen) atoms. The quantitative estimate of drug-likeness (QED) is 0.545. The van der Waals surface area contributed by atoms with E-state index in [2.05, 4.69) is 5.10 Å². The van der Waals surface area contributed by atoms with E-state index in [-0.39, 0.29) is 11.9 Å². The number of aryl methyl sites for hydroxylation is 2. The average Bonchev–Trinajstić information content (AvgIpc) is 2.31. The monoisotopic (exact) mass is 180 g/mol. The summed E-state index contributed by atoms with van der Waals surface area (Å²) in [5.41, 5.74) is 7.50. The van der Waals surface area contributed by atoms with Crippen LogP contribution in [-0.4, -0.2) is 15.6 Å². The minimum Gasteiger partial charge on any atom is -0.386 e. The molecule has 1 aromatic rings. The van der Waals surface area contributed by atoms with Crippen molar-refractivity contribution in [1.82, 2.24) is 9.78 Å². The number of aromatic nitrogens is 2. The van der Waals surface area contributed by atoms with Crippen molar-refractivity contribution in [3.8, 4) is 0 Å². The molecular formula is C9H16N4. The van der Waals surface area contributed by atoms with E-state index >= 15 is 0 Å². The van der Waals surface area contributed by atoms with Gasteiger partial charge in [-0.05, 0) is 26.3 Å². The van der Waals surface area contributed by atoms with Crippen LogP contribution in [0.2, 0.25) is 0 Å². The fourth-order valence-electron chi connectivity index (χ4n) is 1.49. The summed E-state index contributed by atoms with van der Waals surface area (Å²) in [5, 5.41) is 11.7. The van der Waals surface area contributed by atoms with Crippen LogP contribution in [0.15, 0.2) is 6.07 Å². The number of hydrogen-bond donors (Lipinski definition) is 2. The molecule has 0 fully saturated rings. The molecule has 0 aromatic carbocycles. The van der Waals surface area contributed by atoms with Gasteiger partial charge in [0, 0.05) is 5.69 Å². The molecule has 1 unspecified atom stereocenters. The number of rotatable bonds is 3. The zero-order valence-electron chi connectivity index (χ0n) is 8.33. The maximum atomic E-state index is 7.41. The summed E-state index contributed by atoms with van der Waals surface area (Å²) in [6, 6.07) is 1.90. The first kappa shape index (κ1) is 9.77. The lowest BCUT2D eigenvalue weighted by atomic mass is 10.2. The van der Waals surface area contributed by atoms with Crippen molar-refractivity contribution >= 4 is 5.84 Å². The van der Waals surface area contributed by atoms with Crippen LogP contribution in [0.3, 0.4) is 0 Å². The molecule has 0 amide bonds. The van der Waals surface area contributed by atoms with Crippen LogP contribution in [-0.2, 0) is 0 Å². The molecule has 0 aliphatic carbocycles. The van der Waals surface area contributed by atoms with Crippen molar-refractivity contribution in [2.24, 2.45) is 5.73 Å². The second-order valence-electron chi connectivity index (χ2n) is 3.25. The Morgan fingerprint density at radius 1 is 1.69 bits per heavy atom. The van der Waals surface area contributed by atoms with E-state index in [0.29, 0.717) is 0 Å². The highest BCUT2D eigenvalue weighted by Gasteiger charge is 2.14. The zero-order valence-corrected chi connectivity index (χ0v) is 8.33. The van der Waals surface area contributed by atoms with Gasteiger partial charge in [0.1, 0.15) is 11.9 Å². The first-order chi connectivity index (χ1) is 6.06. The molecule has 0 aliphatic heterocycles. The van der Waals surface area contributed by atoms with Crippen molar-refractivity contribution < 1.29 is 0 Å². The normalized spacial score (nSPS) is 12.8. The van der Waals surface area contributed by atoms with Crippen LogP contribution in [0, 0.1) is 19.3 Å². The van der Waals surface area contributed by atoms with E-state index in [1.54, 1.807) is 0 Å². The molecule has 72 valence electrons. The van der Waals surface area contributed by atoms with Crippen molar-refractivity contribution in [2.75, 3.05) is 0 Å². The van der Waals surface area contributed by atoms with E-state index < -0.39 is 0 Å². The van der Waals surface area contributed by atoms with E-state index in [9.17, 15) is 0 Å². The summed E-state index contributed by atoms with van der Waals surface area (Å²) >= 11 is 0. The number of nitrogens with one attached hydrogen (secondary N) is 1. The van der Waals surface area contributed by atoms with Gasteiger partial charge in [-0.3, -0.25) is 10.1 Å². The SMILES string of the molecule is CCC(C(=N)N)n1nc(C)cc1C. The molecule has 0 saturated heterocycles. The van der Waals surface area contributed by atoms with Crippen LogP contribution in [0.5, 0.6) is 0 Å². The zero-order chi connectivity index (χ0) is 10.0. The first-order valence-electron chi connectivity index (χ1n) is 4.43. The minimum atomic E-state index is -0.0892.